The van der Waals surface area contributed by atoms with E-state index in [1.807, 2.05) is 19.1 Å². The Hall–Kier alpha value is -1.01. The molecule has 1 fully saturated rings. The molecular weight excluding hydrogens is 315 g/mol. The maximum Gasteiger partial charge on any atom is 0.237 e. The molecule has 1 aromatic carbocycles. The van der Waals surface area contributed by atoms with Gasteiger partial charge < -0.3 is 20.5 Å². The molecule has 1 aliphatic heterocycles. The SMILES string of the molecule is CC(CNC(=O)C1CC(O)CN1)Oc1cccc(Cl)c1.Cl. The zero-order chi connectivity index (χ0) is 14.5. The van der Waals surface area contributed by atoms with Crippen molar-refractivity contribution in [2.75, 3.05) is 13.1 Å². The van der Waals surface area contributed by atoms with Crippen molar-refractivity contribution in [3.8, 4) is 5.75 Å². The molecule has 5 nitrogen and oxygen atoms in total. The van der Waals surface area contributed by atoms with E-state index >= 15 is 0 Å². The van der Waals surface area contributed by atoms with Crippen LogP contribution in [0.4, 0.5) is 0 Å². The van der Waals surface area contributed by atoms with E-state index in [1.54, 1.807) is 12.1 Å². The van der Waals surface area contributed by atoms with Gasteiger partial charge in [0.2, 0.25) is 5.91 Å². The van der Waals surface area contributed by atoms with Gasteiger partial charge in [-0.15, -0.1) is 12.4 Å². The first-order chi connectivity index (χ1) is 9.54. The highest BCUT2D eigenvalue weighted by atomic mass is 35.5. The second-order valence-electron chi connectivity index (χ2n) is 4.98. The van der Waals surface area contributed by atoms with E-state index < -0.39 is 6.10 Å². The molecule has 7 heteroatoms. The quantitative estimate of drug-likeness (QED) is 0.760. The Balaban J connectivity index is 0.00000220. The normalized spacial score (nSPS) is 22.2. The van der Waals surface area contributed by atoms with Gasteiger partial charge in [-0.3, -0.25) is 4.79 Å². The highest BCUT2D eigenvalue weighted by Crippen LogP contribution is 2.18. The molecular formula is C14H20Cl2N2O3. The fraction of sp³-hybridized carbons (Fsp3) is 0.500. The Kier molecular flexibility index (Phi) is 7.25. The van der Waals surface area contributed by atoms with Crippen LogP contribution in [0.25, 0.3) is 0 Å². The summed E-state index contributed by atoms with van der Waals surface area (Å²) in [5.41, 5.74) is 0. The summed E-state index contributed by atoms with van der Waals surface area (Å²) in [6.45, 7) is 2.74. The number of amides is 1. The monoisotopic (exact) mass is 334 g/mol. The van der Waals surface area contributed by atoms with Gasteiger partial charge in [-0.1, -0.05) is 17.7 Å². The van der Waals surface area contributed by atoms with E-state index in [2.05, 4.69) is 10.6 Å². The number of ether oxygens (including phenoxy) is 1. The van der Waals surface area contributed by atoms with Crippen LogP contribution in [0.5, 0.6) is 5.75 Å². The third kappa shape index (κ3) is 5.71. The number of carbonyl (C=O) groups excluding carboxylic acids is 1. The lowest BCUT2D eigenvalue weighted by Gasteiger charge is -2.17. The molecule has 1 saturated heterocycles. The molecule has 3 atom stereocenters. The largest absolute Gasteiger partial charge is 0.489 e. The van der Waals surface area contributed by atoms with Crippen LogP contribution in [0.15, 0.2) is 24.3 Å². The second-order valence-corrected chi connectivity index (χ2v) is 5.42. The molecule has 118 valence electrons. The third-order valence-corrected chi connectivity index (χ3v) is 3.36. The molecule has 3 N–H and O–H groups in total. The van der Waals surface area contributed by atoms with Crippen molar-refractivity contribution in [3.63, 3.8) is 0 Å². The van der Waals surface area contributed by atoms with Crippen LogP contribution < -0.4 is 15.4 Å². The van der Waals surface area contributed by atoms with E-state index in [0.29, 0.717) is 30.3 Å². The summed E-state index contributed by atoms with van der Waals surface area (Å²) in [7, 11) is 0. The lowest BCUT2D eigenvalue weighted by atomic mass is 10.2. The Morgan fingerprint density at radius 3 is 3.00 bits per heavy atom. The van der Waals surface area contributed by atoms with Gasteiger partial charge in [-0.2, -0.15) is 0 Å². The Morgan fingerprint density at radius 1 is 1.62 bits per heavy atom. The van der Waals surface area contributed by atoms with Crippen LogP contribution in [-0.4, -0.2) is 42.4 Å². The fourth-order valence-corrected chi connectivity index (χ4v) is 2.28. The minimum atomic E-state index is -0.439. The number of rotatable bonds is 5. The molecule has 0 bridgehead atoms. The molecule has 3 unspecified atom stereocenters. The van der Waals surface area contributed by atoms with Crippen molar-refractivity contribution in [1.82, 2.24) is 10.6 Å². The molecule has 1 amide bonds. The van der Waals surface area contributed by atoms with Crippen molar-refractivity contribution in [2.24, 2.45) is 0 Å². The maximum atomic E-state index is 11.8. The highest BCUT2D eigenvalue weighted by molar-refractivity contribution is 6.30. The average molecular weight is 335 g/mol. The summed E-state index contributed by atoms with van der Waals surface area (Å²) < 4.78 is 5.66. The van der Waals surface area contributed by atoms with Crippen LogP contribution in [0.1, 0.15) is 13.3 Å². The topological polar surface area (TPSA) is 70.6 Å². The first-order valence-corrected chi connectivity index (χ1v) is 7.04. The lowest BCUT2D eigenvalue weighted by molar-refractivity contribution is -0.123. The van der Waals surface area contributed by atoms with Gasteiger partial charge in [0.05, 0.1) is 18.7 Å². The van der Waals surface area contributed by atoms with Crippen molar-refractivity contribution >= 4 is 29.9 Å². The average Bonchev–Trinajstić information content (AvgIpc) is 2.83. The molecule has 1 aromatic rings. The number of aliphatic hydroxyl groups is 1. The first kappa shape index (κ1) is 18.0. The number of carbonyl (C=O) groups is 1. The van der Waals surface area contributed by atoms with Gasteiger partial charge in [-0.05, 0) is 31.5 Å². The van der Waals surface area contributed by atoms with Crippen molar-refractivity contribution in [3.05, 3.63) is 29.3 Å². The molecule has 0 radical (unpaired) electrons. The van der Waals surface area contributed by atoms with Gasteiger partial charge >= 0.3 is 0 Å². The number of aliphatic hydroxyl groups excluding tert-OH is 1. The zero-order valence-electron chi connectivity index (χ0n) is 11.7. The summed E-state index contributed by atoms with van der Waals surface area (Å²) in [5, 5.41) is 15.8. The maximum absolute atomic E-state index is 11.8. The van der Waals surface area contributed by atoms with Crippen LogP contribution in [0.2, 0.25) is 5.02 Å². The van der Waals surface area contributed by atoms with E-state index in [9.17, 15) is 9.90 Å². The molecule has 0 spiro atoms. The summed E-state index contributed by atoms with van der Waals surface area (Å²) in [4.78, 5) is 11.8. The molecule has 1 heterocycles. The summed E-state index contributed by atoms with van der Waals surface area (Å²) in [6.07, 6.45) is -0.148. The molecule has 0 aliphatic carbocycles. The number of β-amino-alcohol motifs (C(OH)–C–C–N with tert-alkyl or cyclic N) is 1. The summed E-state index contributed by atoms with van der Waals surface area (Å²) >= 11 is 5.87. The second kappa shape index (κ2) is 8.44. The third-order valence-electron chi connectivity index (χ3n) is 3.12. The number of hydrogen-bond donors (Lipinski definition) is 3. The molecule has 1 aliphatic rings. The van der Waals surface area contributed by atoms with Crippen molar-refractivity contribution in [1.29, 1.82) is 0 Å². The Labute approximate surface area is 135 Å². The number of hydrogen-bond acceptors (Lipinski definition) is 4. The fourth-order valence-electron chi connectivity index (χ4n) is 2.10. The predicted molar refractivity (Wildman–Crippen MR) is 84.2 cm³/mol. The molecule has 0 aromatic heterocycles. The minimum Gasteiger partial charge on any atom is -0.489 e. The van der Waals surface area contributed by atoms with Gasteiger partial charge in [0.25, 0.3) is 0 Å². The summed E-state index contributed by atoms with van der Waals surface area (Å²) in [5.74, 6) is 0.566. The van der Waals surface area contributed by atoms with E-state index in [4.69, 9.17) is 16.3 Å². The van der Waals surface area contributed by atoms with Gasteiger partial charge in [0.1, 0.15) is 11.9 Å². The standard InChI is InChI=1S/C14H19ClN2O3.ClH/c1-9(20-12-4-2-3-10(15)5-12)7-17-14(19)13-6-11(18)8-16-13;/h2-5,9,11,13,16,18H,6-8H2,1H3,(H,17,19);1H. The minimum absolute atomic E-state index is 0. The van der Waals surface area contributed by atoms with E-state index in [-0.39, 0.29) is 30.5 Å². The lowest BCUT2D eigenvalue weighted by Crippen LogP contribution is -2.43. The number of halogens is 2. The Morgan fingerprint density at radius 2 is 2.38 bits per heavy atom. The first-order valence-electron chi connectivity index (χ1n) is 6.66. The van der Waals surface area contributed by atoms with E-state index in [1.165, 1.54) is 0 Å². The van der Waals surface area contributed by atoms with Crippen LogP contribution in [0.3, 0.4) is 0 Å². The smallest absolute Gasteiger partial charge is 0.237 e. The predicted octanol–water partition coefficient (Wildman–Crippen LogP) is 1.37. The number of benzene rings is 1. The van der Waals surface area contributed by atoms with Gasteiger partial charge in [0.15, 0.2) is 0 Å². The number of nitrogens with one attached hydrogen (secondary N) is 2. The van der Waals surface area contributed by atoms with Crippen LogP contribution in [-0.2, 0) is 4.79 Å². The highest BCUT2D eigenvalue weighted by Gasteiger charge is 2.27. The molecule has 2 rings (SSSR count). The molecule has 0 saturated carbocycles. The summed E-state index contributed by atoms with van der Waals surface area (Å²) in [6, 6.07) is 6.82. The van der Waals surface area contributed by atoms with Gasteiger partial charge in [0, 0.05) is 11.6 Å². The van der Waals surface area contributed by atoms with Gasteiger partial charge in [-0.25, -0.2) is 0 Å². The Bertz CT molecular complexity index is 473. The molecule has 21 heavy (non-hydrogen) atoms. The zero-order valence-corrected chi connectivity index (χ0v) is 13.3. The van der Waals surface area contributed by atoms with Crippen LogP contribution in [0, 0.1) is 0 Å². The van der Waals surface area contributed by atoms with Crippen LogP contribution >= 0.6 is 24.0 Å². The van der Waals surface area contributed by atoms with Crippen molar-refractivity contribution < 1.29 is 14.6 Å². The van der Waals surface area contributed by atoms with Crippen molar-refractivity contribution in [2.45, 2.75) is 31.6 Å². The van der Waals surface area contributed by atoms with E-state index in [0.717, 1.165) is 0 Å².